The summed E-state index contributed by atoms with van der Waals surface area (Å²) in [5, 5.41) is 8.79. The topological polar surface area (TPSA) is 85.9 Å². The number of carbonyl (C=O) groups excluding carboxylic acids is 2. The highest BCUT2D eigenvalue weighted by Crippen LogP contribution is 2.30. The molecule has 0 spiro atoms. The monoisotopic (exact) mass is 577 g/mol. The third-order valence-corrected chi connectivity index (χ3v) is 7.42. The zero-order valence-corrected chi connectivity index (χ0v) is 22.8. The van der Waals surface area contributed by atoms with E-state index >= 15 is 0 Å². The van der Waals surface area contributed by atoms with Crippen molar-refractivity contribution in [2.24, 2.45) is 0 Å². The van der Waals surface area contributed by atoms with E-state index in [2.05, 4.69) is 65.9 Å². The van der Waals surface area contributed by atoms with Crippen molar-refractivity contribution < 1.29 is 14.3 Å². The second-order valence-electron chi connectivity index (χ2n) is 9.47. The number of nitrogens with zero attached hydrogens (tertiary/aromatic N) is 2. The average Bonchev–Trinajstić information content (AvgIpc) is 2.94. The van der Waals surface area contributed by atoms with E-state index in [4.69, 9.17) is 4.74 Å². The molecule has 0 radical (unpaired) electrons. The van der Waals surface area contributed by atoms with Crippen molar-refractivity contribution in [3.8, 4) is 0 Å². The molecule has 0 bridgehead atoms. The molecule has 3 aromatic rings. The minimum atomic E-state index is -0.370. The van der Waals surface area contributed by atoms with Gasteiger partial charge in [0, 0.05) is 60.8 Å². The standard InChI is InChI=1S/C29H32BrN5O3/c30-23-5-7-24(8-6-23)32-29(37)33-25-9-10-27(35-13-11-21-3-1-2-4-22(21)20-35)26(19-25)28(36)31-12-14-34-15-17-38-18-16-34/h1-10,19H,11-18,20H2,(H,31,36)(H2,32,33,37). The van der Waals surface area contributed by atoms with Gasteiger partial charge in [-0.1, -0.05) is 40.2 Å². The van der Waals surface area contributed by atoms with Crippen molar-refractivity contribution in [1.82, 2.24) is 10.2 Å². The van der Waals surface area contributed by atoms with Crippen LogP contribution in [0.5, 0.6) is 0 Å². The molecule has 1 fully saturated rings. The van der Waals surface area contributed by atoms with Gasteiger partial charge >= 0.3 is 6.03 Å². The Bertz CT molecular complexity index is 1280. The molecule has 0 unspecified atom stereocenters. The number of fused-ring (bicyclic) bond motifs is 1. The van der Waals surface area contributed by atoms with Crippen LogP contribution in [0.2, 0.25) is 0 Å². The molecule has 2 aliphatic heterocycles. The van der Waals surface area contributed by atoms with Crippen LogP contribution >= 0.6 is 15.9 Å². The van der Waals surface area contributed by atoms with E-state index in [0.29, 0.717) is 23.5 Å². The highest BCUT2D eigenvalue weighted by atomic mass is 79.9. The first-order chi connectivity index (χ1) is 18.5. The highest BCUT2D eigenvalue weighted by molar-refractivity contribution is 9.10. The molecule has 8 nitrogen and oxygen atoms in total. The van der Waals surface area contributed by atoms with Crippen LogP contribution in [0.1, 0.15) is 21.5 Å². The Balaban J connectivity index is 1.32. The normalized spacial score (nSPS) is 15.4. The Morgan fingerprint density at radius 1 is 0.868 bits per heavy atom. The number of hydrogen-bond donors (Lipinski definition) is 3. The molecule has 0 aromatic heterocycles. The molecule has 38 heavy (non-hydrogen) atoms. The first kappa shape index (κ1) is 26.2. The Morgan fingerprint density at radius 2 is 1.58 bits per heavy atom. The van der Waals surface area contributed by atoms with Crippen LogP contribution in [0.3, 0.4) is 0 Å². The SMILES string of the molecule is O=C(Nc1ccc(Br)cc1)Nc1ccc(N2CCc3ccccc3C2)c(C(=O)NCCN2CCOCC2)c1. The van der Waals surface area contributed by atoms with Gasteiger partial charge in [-0.15, -0.1) is 0 Å². The minimum absolute atomic E-state index is 0.149. The number of hydrogen-bond acceptors (Lipinski definition) is 5. The number of benzene rings is 3. The average molecular weight is 579 g/mol. The van der Waals surface area contributed by atoms with Crippen molar-refractivity contribution in [2.45, 2.75) is 13.0 Å². The third kappa shape index (κ3) is 6.72. The van der Waals surface area contributed by atoms with Gasteiger partial charge in [0.05, 0.1) is 18.8 Å². The van der Waals surface area contributed by atoms with Crippen LogP contribution in [0.4, 0.5) is 21.9 Å². The molecule has 2 heterocycles. The molecule has 5 rings (SSSR count). The Morgan fingerprint density at radius 3 is 2.37 bits per heavy atom. The number of urea groups is 1. The fourth-order valence-corrected chi connectivity index (χ4v) is 5.11. The quantitative estimate of drug-likeness (QED) is 0.378. The molecule has 0 atom stereocenters. The van der Waals surface area contributed by atoms with Crippen molar-refractivity contribution in [3.63, 3.8) is 0 Å². The van der Waals surface area contributed by atoms with Crippen molar-refractivity contribution in [2.75, 3.05) is 61.5 Å². The summed E-state index contributed by atoms with van der Waals surface area (Å²) < 4.78 is 6.35. The fraction of sp³-hybridized carbons (Fsp3) is 0.310. The second-order valence-corrected chi connectivity index (χ2v) is 10.4. The zero-order chi connectivity index (χ0) is 26.3. The molecule has 9 heteroatoms. The largest absolute Gasteiger partial charge is 0.379 e. The number of morpholine rings is 1. The van der Waals surface area contributed by atoms with Crippen LogP contribution in [0.15, 0.2) is 71.2 Å². The lowest BCUT2D eigenvalue weighted by Crippen LogP contribution is -2.41. The maximum atomic E-state index is 13.4. The van der Waals surface area contributed by atoms with Crippen molar-refractivity contribution >= 4 is 44.9 Å². The summed E-state index contributed by atoms with van der Waals surface area (Å²) in [5.41, 5.74) is 5.26. The maximum absolute atomic E-state index is 13.4. The van der Waals surface area contributed by atoms with Gasteiger partial charge in [0.1, 0.15) is 0 Å². The fourth-order valence-electron chi connectivity index (χ4n) is 4.85. The van der Waals surface area contributed by atoms with Crippen molar-refractivity contribution in [1.29, 1.82) is 0 Å². The van der Waals surface area contributed by atoms with Gasteiger partial charge in [-0.25, -0.2) is 4.79 Å². The highest BCUT2D eigenvalue weighted by Gasteiger charge is 2.22. The van der Waals surface area contributed by atoms with Gasteiger partial charge < -0.3 is 25.6 Å². The summed E-state index contributed by atoms with van der Waals surface area (Å²) in [6.45, 7) is 6.08. The summed E-state index contributed by atoms with van der Waals surface area (Å²) in [7, 11) is 0. The summed E-state index contributed by atoms with van der Waals surface area (Å²) in [5.74, 6) is -0.149. The van der Waals surface area contributed by atoms with Crippen LogP contribution in [0, 0.1) is 0 Å². The van der Waals surface area contributed by atoms with Crippen LogP contribution < -0.4 is 20.9 Å². The van der Waals surface area contributed by atoms with Crippen LogP contribution in [-0.2, 0) is 17.7 Å². The molecule has 3 amide bonds. The van der Waals surface area contributed by atoms with Gasteiger partial charge in [0.15, 0.2) is 0 Å². The molecule has 3 N–H and O–H groups in total. The molecule has 1 saturated heterocycles. The Labute approximate surface area is 231 Å². The number of halogens is 1. The number of anilines is 3. The number of rotatable bonds is 7. The lowest BCUT2D eigenvalue weighted by Gasteiger charge is -2.32. The molecular formula is C29H32BrN5O3. The van der Waals surface area contributed by atoms with E-state index in [1.54, 1.807) is 6.07 Å². The molecular weight excluding hydrogens is 546 g/mol. The first-order valence-electron chi connectivity index (χ1n) is 12.9. The molecule has 0 aliphatic carbocycles. The predicted molar refractivity (Wildman–Crippen MR) is 154 cm³/mol. The van der Waals surface area contributed by atoms with Gasteiger partial charge in [-0.05, 0) is 60.0 Å². The van der Waals surface area contributed by atoms with Crippen molar-refractivity contribution in [3.05, 3.63) is 87.9 Å². The van der Waals surface area contributed by atoms with E-state index in [-0.39, 0.29) is 11.9 Å². The summed E-state index contributed by atoms with van der Waals surface area (Å²) >= 11 is 3.40. The van der Waals surface area contributed by atoms with E-state index in [1.165, 1.54) is 11.1 Å². The van der Waals surface area contributed by atoms with Gasteiger partial charge in [-0.2, -0.15) is 0 Å². The smallest absolute Gasteiger partial charge is 0.323 e. The molecule has 3 aromatic carbocycles. The number of carbonyl (C=O) groups is 2. The minimum Gasteiger partial charge on any atom is -0.379 e. The molecule has 0 saturated carbocycles. The number of nitrogens with one attached hydrogen (secondary N) is 3. The summed E-state index contributed by atoms with van der Waals surface area (Å²) in [6, 6.07) is 21.0. The van der Waals surface area contributed by atoms with Gasteiger partial charge in [-0.3, -0.25) is 9.69 Å². The lowest BCUT2D eigenvalue weighted by molar-refractivity contribution is 0.0383. The molecule has 2 aliphatic rings. The molecule has 198 valence electrons. The maximum Gasteiger partial charge on any atom is 0.323 e. The number of ether oxygens (including phenoxy) is 1. The van der Waals surface area contributed by atoms with E-state index in [0.717, 1.165) is 62.5 Å². The Hall–Kier alpha value is -3.40. The first-order valence-corrected chi connectivity index (χ1v) is 13.7. The Kier molecular flexibility index (Phi) is 8.58. The van der Waals surface area contributed by atoms with Gasteiger partial charge in [0.2, 0.25) is 0 Å². The van der Waals surface area contributed by atoms with Crippen LogP contribution in [0.25, 0.3) is 0 Å². The number of amides is 3. The predicted octanol–water partition coefficient (Wildman–Crippen LogP) is 4.72. The van der Waals surface area contributed by atoms with E-state index in [9.17, 15) is 9.59 Å². The van der Waals surface area contributed by atoms with E-state index in [1.807, 2.05) is 36.4 Å². The van der Waals surface area contributed by atoms with Crippen LogP contribution in [-0.4, -0.2) is 62.8 Å². The van der Waals surface area contributed by atoms with E-state index < -0.39 is 0 Å². The lowest BCUT2D eigenvalue weighted by atomic mass is 9.98. The second kappa shape index (κ2) is 12.4. The zero-order valence-electron chi connectivity index (χ0n) is 21.2. The summed E-state index contributed by atoms with van der Waals surface area (Å²) in [6.07, 6.45) is 0.920. The van der Waals surface area contributed by atoms with Gasteiger partial charge in [0.25, 0.3) is 5.91 Å². The summed E-state index contributed by atoms with van der Waals surface area (Å²) in [4.78, 5) is 30.6. The third-order valence-electron chi connectivity index (χ3n) is 6.89.